The van der Waals surface area contributed by atoms with Gasteiger partial charge in [0, 0.05) is 10.0 Å². The molecule has 2 N–H and O–H groups in total. The molecule has 0 radical (unpaired) electrons. The van der Waals surface area contributed by atoms with E-state index in [1.807, 2.05) is 13.0 Å². The van der Waals surface area contributed by atoms with Crippen LogP contribution in [0.2, 0.25) is 6.32 Å². The molecule has 7 nitrogen and oxygen atoms in total. The molecule has 2 saturated heterocycles. The van der Waals surface area contributed by atoms with Crippen molar-refractivity contribution < 1.29 is 55.5 Å². The van der Waals surface area contributed by atoms with Gasteiger partial charge in [0.25, 0.3) is 0 Å². The molecule has 2 heterocycles. The molecular weight excluding hydrogens is 759 g/mol. The molecule has 0 unspecified atom stereocenters. The van der Waals surface area contributed by atoms with Gasteiger partial charge in [-0.25, -0.2) is 4.90 Å². The fourth-order valence-electron chi connectivity index (χ4n) is 7.43. The fraction of sp³-hybridized carbons (Fsp3) is 0.351. The molecule has 4 atom stereocenters. The molecule has 3 aromatic rings. The Balaban J connectivity index is 1.37. The maximum atomic E-state index is 14.1. The third-order valence-electron chi connectivity index (χ3n) is 9.83. The third-order valence-corrected chi connectivity index (χ3v) is 10.3. The molecule has 3 aromatic carbocycles. The minimum Gasteiger partial charge on any atom is -0.507 e. The number of benzene rings is 3. The van der Waals surface area contributed by atoms with E-state index < -0.39 is 72.0 Å². The Labute approximate surface area is 304 Å². The van der Waals surface area contributed by atoms with Gasteiger partial charge in [-0.3, -0.25) is 9.59 Å². The average Bonchev–Trinajstić information content (AvgIpc) is 3.34. The molecule has 1 aliphatic carbocycles. The number of allylic oxidation sites excluding steroid dienone is 1. The Morgan fingerprint density at radius 3 is 2.29 bits per heavy atom. The third kappa shape index (κ3) is 7.81. The molecular formula is C37H33BBrF6NO6. The van der Waals surface area contributed by atoms with E-state index in [0.29, 0.717) is 58.8 Å². The van der Waals surface area contributed by atoms with E-state index in [4.69, 9.17) is 9.39 Å². The van der Waals surface area contributed by atoms with Gasteiger partial charge in [-0.1, -0.05) is 52.7 Å². The summed E-state index contributed by atoms with van der Waals surface area (Å²) in [6, 6.07) is 14.5. The van der Waals surface area contributed by atoms with Crippen LogP contribution in [0.4, 0.5) is 32.0 Å². The van der Waals surface area contributed by atoms with E-state index in [0.717, 1.165) is 10.0 Å². The summed E-state index contributed by atoms with van der Waals surface area (Å²) in [6.45, 7) is 1.90. The number of rotatable bonds is 9. The Morgan fingerprint density at radius 1 is 0.981 bits per heavy atom. The number of hydrogen-bond acceptors (Lipinski definition) is 6. The number of halogens is 7. The summed E-state index contributed by atoms with van der Waals surface area (Å²) in [7, 11) is -1.38. The number of ether oxygens (including phenoxy) is 1. The van der Waals surface area contributed by atoms with Crippen molar-refractivity contribution in [2.75, 3.05) is 11.5 Å². The maximum absolute atomic E-state index is 14.1. The van der Waals surface area contributed by atoms with Crippen LogP contribution >= 0.6 is 15.9 Å². The number of phenols is 1. The number of para-hydroxylation sites is 1. The van der Waals surface area contributed by atoms with Gasteiger partial charge in [0.1, 0.15) is 18.1 Å². The Morgan fingerprint density at radius 2 is 1.65 bits per heavy atom. The monoisotopic (exact) mass is 791 g/mol. The van der Waals surface area contributed by atoms with Crippen molar-refractivity contribution in [3.8, 4) is 11.5 Å². The van der Waals surface area contributed by atoms with Crippen LogP contribution in [0.15, 0.2) is 87.9 Å². The summed E-state index contributed by atoms with van der Waals surface area (Å²) in [5, 5.41) is 21.4. The number of carbonyl (C=O) groups excluding carboxylic acids is 2. The summed E-state index contributed by atoms with van der Waals surface area (Å²) in [5.74, 6) is -4.41. The summed E-state index contributed by atoms with van der Waals surface area (Å²) in [5.41, 5.74) is -1.39. The predicted molar refractivity (Wildman–Crippen MR) is 184 cm³/mol. The van der Waals surface area contributed by atoms with Crippen LogP contribution < -0.4 is 9.64 Å². The van der Waals surface area contributed by atoms with Crippen molar-refractivity contribution in [3.05, 3.63) is 105 Å². The van der Waals surface area contributed by atoms with Crippen LogP contribution in [-0.2, 0) is 26.6 Å². The minimum atomic E-state index is -5.19. The van der Waals surface area contributed by atoms with Crippen molar-refractivity contribution in [2.24, 2.45) is 17.8 Å². The normalized spacial score (nSPS) is 22.5. The number of amides is 2. The molecule has 0 saturated carbocycles. The quantitative estimate of drug-likeness (QED) is 0.0974. The summed E-state index contributed by atoms with van der Waals surface area (Å²) in [6.07, 6.45) is -8.12. The lowest BCUT2D eigenvalue weighted by Gasteiger charge is -2.43. The van der Waals surface area contributed by atoms with E-state index >= 15 is 0 Å². The number of phenolic OH excluding ortho intramolecular Hbond substituents is 1. The second-order valence-corrected chi connectivity index (χ2v) is 14.0. The van der Waals surface area contributed by atoms with Crippen molar-refractivity contribution >= 4 is 46.6 Å². The van der Waals surface area contributed by atoms with Gasteiger partial charge < -0.3 is 19.5 Å². The highest BCUT2D eigenvalue weighted by Gasteiger charge is 2.58. The largest absolute Gasteiger partial charge is 0.507 e. The van der Waals surface area contributed by atoms with Gasteiger partial charge in [0.05, 0.1) is 34.8 Å². The van der Waals surface area contributed by atoms with E-state index in [2.05, 4.69) is 15.9 Å². The smallest absolute Gasteiger partial charge is 0.455 e. The summed E-state index contributed by atoms with van der Waals surface area (Å²) >= 11 is 3.41. The van der Waals surface area contributed by atoms with Crippen molar-refractivity contribution in [1.82, 2.24) is 0 Å². The first-order valence-electron chi connectivity index (χ1n) is 16.6. The van der Waals surface area contributed by atoms with E-state index in [1.54, 1.807) is 48.5 Å². The molecule has 0 bridgehead atoms. The Bertz CT molecular complexity index is 1880. The van der Waals surface area contributed by atoms with Crippen LogP contribution in [0.5, 0.6) is 11.5 Å². The summed E-state index contributed by atoms with van der Waals surface area (Å²) < 4.78 is 95.5. The first-order valence-corrected chi connectivity index (χ1v) is 17.4. The van der Waals surface area contributed by atoms with Gasteiger partial charge in [-0.05, 0) is 97.6 Å². The highest BCUT2D eigenvalue weighted by Crippen LogP contribution is 2.52. The topological polar surface area (TPSA) is 96.3 Å². The lowest BCUT2D eigenvalue weighted by atomic mass is 9.58. The van der Waals surface area contributed by atoms with E-state index in [1.165, 1.54) is 0 Å². The number of anilines is 1. The van der Waals surface area contributed by atoms with E-state index in [-0.39, 0.29) is 31.2 Å². The maximum Gasteiger partial charge on any atom is 0.455 e. The average molecular weight is 792 g/mol. The Kier molecular flexibility index (Phi) is 10.7. The van der Waals surface area contributed by atoms with Gasteiger partial charge in [0.15, 0.2) is 0 Å². The van der Waals surface area contributed by atoms with Crippen LogP contribution in [-0.4, -0.2) is 41.8 Å². The van der Waals surface area contributed by atoms with Gasteiger partial charge in [0.2, 0.25) is 11.8 Å². The number of aromatic hydroxyl groups is 1. The minimum absolute atomic E-state index is 0.0410. The molecule has 2 fully saturated rings. The number of fused-ring (bicyclic) bond motifs is 3. The first-order chi connectivity index (χ1) is 24.5. The zero-order valence-corrected chi connectivity index (χ0v) is 29.3. The molecule has 52 heavy (non-hydrogen) atoms. The first kappa shape index (κ1) is 37.7. The SMILES string of the molecule is CC/C(=C\c1cc(Br)ccc1O)CC[C@H]1OB(O)C[C@H]2C1=C(COc1ccccc1)C[C@H]1C(=O)N(c3cc(C(F)(F)F)cc(C(F)(F)F)c3)C(=O)[C@H]12. The van der Waals surface area contributed by atoms with Crippen LogP contribution in [0.3, 0.4) is 0 Å². The molecule has 2 aliphatic heterocycles. The fourth-order valence-corrected chi connectivity index (χ4v) is 7.81. The molecule has 274 valence electrons. The molecule has 2 amide bonds. The highest BCUT2D eigenvalue weighted by molar-refractivity contribution is 9.10. The number of hydrogen-bond donors (Lipinski definition) is 2. The van der Waals surface area contributed by atoms with Crippen molar-refractivity contribution in [1.29, 1.82) is 0 Å². The molecule has 0 spiro atoms. The number of nitrogens with zero attached hydrogens (tertiary/aromatic N) is 1. The zero-order chi connectivity index (χ0) is 37.5. The number of alkyl halides is 6. The van der Waals surface area contributed by atoms with Crippen molar-refractivity contribution in [3.63, 3.8) is 0 Å². The summed E-state index contributed by atoms with van der Waals surface area (Å²) in [4.78, 5) is 28.5. The standard InChI is InChI=1S/C37H33BBrF6NO6/c1-2-20(12-21-13-25(39)9-10-30(21)47)8-11-31-32-22(19-51-27-6-4-3-5-7-27)14-28-33(29(32)18-38(50)52-31)35(49)46(34(28)48)26-16-23(36(40,41)42)15-24(17-26)37(43,44)45/h3-7,9-10,12-13,15-17,28-29,31,33,47,50H,2,8,11,14,18-19H2,1H3/b20-12+/t28-,29+,31-,33-/m1/s1. The molecule has 15 heteroatoms. The van der Waals surface area contributed by atoms with E-state index in [9.17, 15) is 46.1 Å². The number of imide groups is 1. The van der Waals surface area contributed by atoms with Gasteiger partial charge in [-0.2, -0.15) is 26.3 Å². The second kappa shape index (κ2) is 14.7. The van der Waals surface area contributed by atoms with Gasteiger partial charge in [-0.15, -0.1) is 0 Å². The lowest BCUT2D eigenvalue weighted by molar-refractivity contribution is -0.143. The van der Waals surface area contributed by atoms with Crippen molar-refractivity contribution in [2.45, 2.75) is 57.4 Å². The van der Waals surface area contributed by atoms with Crippen LogP contribution in [0.1, 0.15) is 49.3 Å². The van der Waals surface area contributed by atoms with Crippen LogP contribution in [0, 0.1) is 17.8 Å². The molecule has 6 rings (SSSR count). The molecule has 3 aliphatic rings. The zero-order valence-electron chi connectivity index (χ0n) is 27.7. The molecule has 0 aromatic heterocycles. The number of carbonyl (C=O) groups is 2. The predicted octanol–water partition coefficient (Wildman–Crippen LogP) is 8.85. The highest BCUT2D eigenvalue weighted by atomic mass is 79.9. The van der Waals surface area contributed by atoms with Gasteiger partial charge >= 0.3 is 19.5 Å². The van der Waals surface area contributed by atoms with Crippen LogP contribution in [0.25, 0.3) is 6.08 Å². The second-order valence-electron chi connectivity index (χ2n) is 13.1. The lowest BCUT2D eigenvalue weighted by Crippen LogP contribution is -2.46. The Hall–Kier alpha value is -4.08.